The standard InChI is InChI=1S/C25H24FN3O3/c1-14(2)28-25(31)18-11-16(19-7-6-15(3)9-20(19)26)10-17(12-18)21-13-23(32-29-21)24-22(30)5-4-8-27-24/h4-12,14,23,30H,13H2,1-3H3,(H,28,31). The van der Waals surface area contributed by atoms with Gasteiger partial charge in [0.2, 0.25) is 0 Å². The molecular weight excluding hydrogens is 409 g/mol. The molecule has 1 aliphatic rings. The Balaban J connectivity index is 1.73. The van der Waals surface area contributed by atoms with E-state index < -0.39 is 6.10 Å². The summed E-state index contributed by atoms with van der Waals surface area (Å²) < 4.78 is 14.7. The van der Waals surface area contributed by atoms with Crippen LogP contribution in [0, 0.1) is 12.7 Å². The summed E-state index contributed by atoms with van der Waals surface area (Å²) in [5.41, 5.74) is 3.81. The third-order valence-corrected chi connectivity index (χ3v) is 5.17. The predicted octanol–water partition coefficient (Wildman–Crippen LogP) is 4.91. The summed E-state index contributed by atoms with van der Waals surface area (Å²) >= 11 is 0. The Bertz CT molecular complexity index is 1210. The SMILES string of the molecule is Cc1ccc(-c2cc(C(=O)NC(C)C)cc(C3=NOC(c4ncccc4O)C3)c2)c(F)c1. The normalized spacial score (nSPS) is 15.4. The van der Waals surface area contributed by atoms with E-state index >= 15 is 0 Å². The molecule has 2 heterocycles. The molecular formula is C25H24FN3O3. The van der Waals surface area contributed by atoms with E-state index in [-0.39, 0.29) is 23.5 Å². The number of carbonyl (C=O) groups is 1. The molecule has 2 N–H and O–H groups in total. The molecule has 2 aromatic carbocycles. The summed E-state index contributed by atoms with van der Waals surface area (Å²) in [4.78, 5) is 22.5. The molecule has 0 radical (unpaired) electrons. The van der Waals surface area contributed by atoms with Crippen molar-refractivity contribution < 1.29 is 19.1 Å². The van der Waals surface area contributed by atoms with Gasteiger partial charge < -0.3 is 15.3 Å². The molecule has 1 unspecified atom stereocenters. The average Bonchev–Trinajstić information content (AvgIpc) is 3.23. The number of aromatic hydroxyl groups is 1. The van der Waals surface area contributed by atoms with E-state index in [1.165, 1.54) is 6.07 Å². The molecule has 0 aliphatic carbocycles. The molecule has 4 rings (SSSR count). The maximum atomic E-state index is 14.7. The van der Waals surface area contributed by atoms with Crippen LogP contribution in [0.1, 0.15) is 53.6 Å². The first-order valence-corrected chi connectivity index (χ1v) is 10.4. The molecule has 0 bridgehead atoms. The molecule has 7 heteroatoms. The summed E-state index contributed by atoms with van der Waals surface area (Å²) in [6.07, 6.45) is 1.39. The molecule has 0 spiro atoms. The molecule has 1 aromatic heterocycles. The van der Waals surface area contributed by atoms with Crippen LogP contribution in [-0.2, 0) is 4.84 Å². The number of nitrogens with one attached hydrogen (secondary N) is 1. The maximum Gasteiger partial charge on any atom is 0.251 e. The number of oxime groups is 1. The zero-order valence-electron chi connectivity index (χ0n) is 18.1. The van der Waals surface area contributed by atoms with E-state index in [9.17, 15) is 14.3 Å². The van der Waals surface area contributed by atoms with Gasteiger partial charge in [-0.1, -0.05) is 17.3 Å². The Morgan fingerprint density at radius 3 is 2.69 bits per heavy atom. The van der Waals surface area contributed by atoms with Gasteiger partial charge in [0.15, 0.2) is 6.10 Å². The highest BCUT2D eigenvalue weighted by Gasteiger charge is 2.28. The Morgan fingerprint density at radius 1 is 1.19 bits per heavy atom. The van der Waals surface area contributed by atoms with Gasteiger partial charge in [0.25, 0.3) is 5.91 Å². The number of carbonyl (C=O) groups excluding carboxylic acids is 1. The van der Waals surface area contributed by atoms with Gasteiger partial charge in [-0.05, 0) is 68.3 Å². The number of pyridine rings is 1. The second-order valence-electron chi connectivity index (χ2n) is 8.15. The monoisotopic (exact) mass is 433 g/mol. The number of nitrogens with zero attached hydrogens (tertiary/aromatic N) is 2. The van der Waals surface area contributed by atoms with Crippen LogP contribution in [0.15, 0.2) is 59.9 Å². The number of hydrogen-bond donors (Lipinski definition) is 2. The van der Waals surface area contributed by atoms with Crippen LogP contribution in [0.25, 0.3) is 11.1 Å². The lowest BCUT2D eigenvalue weighted by Crippen LogP contribution is -2.30. The van der Waals surface area contributed by atoms with Crippen molar-refractivity contribution in [1.29, 1.82) is 0 Å². The highest BCUT2D eigenvalue weighted by molar-refractivity contribution is 6.05. The zero-order chi connectivity index (χ0) is 22.8. The average molecular weight is 433 g/mol. The van der Waals surface area contributed by atoms with Crippen molar-refractivity contribution in [3.05, 3.63) is 82.9 Å². The lowest BCUT2D eigenvalue weighted by molar-refractivity contribution is 0.0804. The van der Waals surface area contributed by atoms with Crippen LogP contribution >= 0.6 is 0 Å². The van der Waals surface area contributed by atoms with Gasteiger partial charge in [-0.2, -0.15) is 0 Å². The minimum absolute atomic E-state index is 0.0291. The van der Waals surface area contributed by atoms with Crippen molar-refractivity contribution in [2.24, 2.45) is 5.16 Å². The van der Waals surface area contributed by atoms with Crippen molar-refractivity contribution in [2.75, 3.05) is 0 Å². The number of benzene rings is 2. The van der Waals surface area contributed by atoms with Gasteiger partial charge in [-0.15, -0.1) is 0 Å². The van der Waals surface area contributed by atoms with Crippen LogP contribution < -0.4 is 5.32 Å². The molecule has 32 heavy (non-hydrogen) atoms. The van der Waals surface area contributed by atoms with Crippen molar-refractivity contribution in [2.45, 2.75) is 39.3 Å². The van der Waals surface area contributed by atoms with Crippen LogP contribution in [0.2, 0.25) is 0 Å². The predicted molar refractivity (Wildman–Crippen MR) is 120 cm³/mol. The fraction of sp³-hybridized carbons (Fsp3) is 0.240. The highest BCUT2D eigenvalue weighted by atomic mass is 19.1. The van der Waals surface area contributed by atoms with E-state index in [1.807, 2.05) is 26.8 Å². The first-order valence-electron chi connectivity index (χ1n) is 10.4. The molecule has 0 saturated heterocycles. The Morgan fingerprint density at radius 2 is 1.97 bits per heavy atom. The molecule has 0 saturated carbocycles. The lowest BCUT2D eigenvalue weighted by Gasteiger charge is -2.13. The third-order valence-electron chi connectivity index (χ3n) is 5.17. The summed E-state index contributed by atoms with van der Waals surface area (Å²) in [7, 11) is 0. The lowest BCUT2D eigenvalue weighted by atomic mass is 9.94. The van der Waals surface area contributed by atoms with Gasteiger partial charge in [0.05, 0.1) is 5.71 Å². The van der Waals surface area contributed by atoms with E-state index in [0.717, 1.165) is 5.56 Å². The van der Waals surface area contributed by atoms with Crippen LogP contribution in [0.5, 0.6) is 5.75 Å². The molecule has 1 amide bonds. The van der Waals surface area contributed by atoms with Crippen LogP contribution in [0.4, 0.5) is 4.39 Å². The molecule has 0 fully saturated rings. The van der Waals surface area contributed by atoms with Crippen LogP contribution in [0.3, 0.4) is 0 Å². The Kier molecular flexibility index (Phi) is 5.90. The van der Waals surface area contributed by atoms with E-state index in [2.05, 4.69) is 15.5 Å². The Hall–Kier alpha value is -3.74. The van der Waals surface area contributed by atoms with Crippen molar-refractivity contribution in [1.82, 2.24) is 10.3 Å². The van der Waals surface area contributed by atoms with Gasteiger partial charge in [0.1, 0.15) is 17.3 Å². The van der Waals surface area contributed by atoms with Gasteiger partial charge in [0, 0.05) is 35.3 Å². The second-order valence-corrected chi connectivity index (χ2v) is 8.15. The van der Waals surface area contributed by atoms with Crippen molar-refractivity contribution in [3.8, 4) is 16.9 Å². The van der Waals surface area contributed by atoms with E-state index in [0.29, 0.717) is 40.1 Å². The minimum Gasteiger partial charge on any atom is -0.506 e. The number of aromatic nitrogens is 1. The summed E-state index contributed by atoms with van der Waals surface area (Å²) in [5.74, 6) is -0.589. The smallest absolute Gasteiger partial charge is 0.251 e. The highest BCUT2D eigenvalue weighted by Crippen LogP contribution is 2.34. The summed E-state index contributed by atoms with van der Waals surface area (Å²) in [6.45, 7) is 5.57. The summed E-state index contributed by atoms with van der Waals surface area (Å²) in [5, 5.41) is 17.1. The number of rotatable bonds is 5. The molecule has 6 nitrogen and oxygen atoms in total. The second kappa shape index (κ2) is 8.78. The largest absolute Gasteiger partial charge is 0.506 e. The quantitative estimate of drug-likeness (QED) is 0.599. The number of halogens is 1. The molecule has 1 aliphatic heterocycles. The zero-order valence-corrected chi connectivity index (χ0v) is 18.1. The maximum absolute atomic E-state index is 14.7. The first-order chi connectivity index (χ1) is 15.3. The fourth-order valence-corrected chi connectivity index (χ4v) is 3.63. The fourth-order valence-electron chi connectivity index (χ4n) is 3.63. The Labute approximate surface area is 185 Å². The van der Waals surface area contributed by atoms with Gasteiger partial charge in [-0.3, -0.25) is 9.78 Å². The third kappa shape index (κ3) is 4.46. The van der Waals surface area contributed by atoms with E-state index in [4.69, 9.17) is 4.84 Å². The number of hydrogen-bond acceptors (Lipinski definition) is 5. The molecule has 164 valence electrons. The molecule has 3 aromatic rings. The topological polar surface area (TPSA) is 83.8 Å². The summed E-state index contributed by atoms with van der Waals surface area (Å²) in [6, 6.07) is 13.3. The first kappa shape index (κ1) is 21.5. The number of aryl methyl sites for hydroxylation is 1. The van der Waals surface area contributed by atoms with Crippen molar-refractivity contribution >= 4 is 11.6 Å². The number of amides is 1. The van der Waals surface area contributed by atoms with Gasteiger partial charge >= 0.3 is 0 Å². The molecule has 1 atom stereocenters. The van der Waals surface area contributed by atoms with Crippen molar-refractivity contribution in [3.63, 3.8) is 0 Å². The van der Waals surface area contributed by atoms with E-state index in [1.54, 1.807) is 42.6 Å². The van der Waals surface area contributed by atoms with Crippen LogP contribution in [-0.4, -0.2) is 27.8 Å². The van der Waals surface area contributed by atoms with Gasteiger partial charge in [-0.25, -0.2) is 4.39 Å². The minimum atomic E-state index is -0.543.